The van der Waals surface area contributed by atoms with E-state index >= 15 is 0 Å². The quantitative estimate of drug-likeness (QED) is 0.0196. The summed E-state index contributed by atoms with van der Waals surface area (Å²) in [5.41, 5.74) is 0. The number of hydrogen-bond acceptors (Lipinski definition) is 10. The number of esters is 1. The first kappa shape index (κ1) is 65.2. The number of ether oxygens (including phenoxy) is 3. The minimum Gasteiger partial charge on any atom is -0.454 e. The Morgan fingerprint density at radius 2 is 0.957 bits per heavy atom. The fourth-order valence-corrected chi connectivity index (χ4v) is 9.18. The van der Waals surface area contributed by atoms with Gasteiger partial charge in [-0.25, -0.2) is 0 Å². The standard InChI is InChI=1S/C58H109NO10/c1-4-7-10-13-16-19-22-25-28-30-33-36-39-42-45-51(62)57(66)59-49(50(61)44-41-38-35-32-29-26-23-20-17-14-11-8-5-2)48-67-58-56(55(65)54(64)52(47-60)68-58)69-53(63)46-43-40-37-34-31-27-24-21-18-15-12-9-6-3/h19,22,41,44,49-52,54-56,58,60-62,64-65H,4-18,20-21,23-40,42-43,45-48H2,1-3H3,(H,59,66)/b22-19-,44-41+. The molecule has 8 atom stereocenters. The van der Waals surface area contributed by atoms with Gasteiger partial charge in [0.2, 0.25) is 5.91 Å². The van der Waals surface area contributed by atoms with Gasteiger partial charge >= 0.3 is 5.97 Å². The lowest BCUT2D eigenvalue weighted by Gasteiger charge is -2.41. The first-order valence-electron chi connectivity index (χ1n) is 29.1. The molecule has 1 saturated heterocycles. The van der Waals surface area contributed by atoms with Gasteiger partial charge in [0.25, 0.3) is 0 Å². The van der Waals surface area contributed by atoms with E-state index in [9.17, 15) is 35.1 Å². The van der Waals surface area contributed by atoms with Crippen molar-refractivity contribution in [1.29, 1.82) is 0 Å². The number of carbonyl (C=O) groups excluding carboxylic acids is 2. The van der Waals surface area contributed by atoms with Gasteiger partial charge in [-0.2, -0.15) is 0 Å². The Bertz CT molecular complexity index is 1220. The van der Waals surface area contributed by atoms with Crippen LogP contribution in [0.2, 0.25) is 0 Å². The Morgan fingerprint density at radius 1 is 0.551 bits per heavy atom. The van der Waals surface area contributed by atoms with Gasteiger partial charge in [-0.05, 0) is 51.4 Å². The maximum absolute atomic E-state index is 13.4. The van der Waals surface area contributed by atoms with Crippen LogP contribution in [-0.4, -0.2) is 99.6 Å². The summed E-state index contributed by atoms with van der Waals surface area (Å²) in [6, 6.07) is -1.02. The number of allylic oxidation sites excluding steroid dienone is 3. The zero-order valence-electron chi connectivity index (χ0n) is 44.7. The topological polar surface area (TPSA) is 175 Å². The van der Waals surface area contributed by atoms with Crippen LogP contribution in [0.15, 0.2) is 24.3 Å². The van der Waals surface area contributed by atoms with E-state index in [1.54, 1.807) is 6.08 Å². The largest absolute Gasteiger partial charge is 0.454 e. The second-order valence-corrected chi connectivity index (χ2v) is 20.4. The fourth-order valence-electron chi connectivity index (χ4n) is 9.18. The summed E-state index contributed by atoms with van der Waals surface area (Å²) in [5, 5.41) is 56.8. The number of carbonyl (C=O) groups is 2. The lowest BCUT2D eigenvalue weighted by atomic mass is 9.99. The molecule has 0 spiro atoms. The van der Waals surface area contributed by atoms with Crippen LogP contribution in [0.3, 0.4) is 0 Å². The molecule has 406 valence electrons. The Labute approximate surface area is 422 Å². The molecule has 1 aliphatic rings. The molecular weight excluding hydrogens is 871 g/mol. The van der Waals surface area contributed by atoms with Crippen molar-refractivity contribution in [2.75, 3.05) is 13.2 Å². The van der Waals surface area contributed by atoms with Gasteiger partial charge in [0.05, 0.1) is 25.4 Å². The third-order valence-electron chi connectivity index (χ3n) is 13.9. The molecule has 0 aromatic carbocycles. The first-order valence-corrected chi connectivity index (χ1v) is 29.1. The van der Waals surface area contributed by atoms with Gasteiger partial charge in [0.15, 0.2) is 12.4 Å². The zero-order chi connectivity index (χ0) is 50.4. The van der Waals surface area contributed by atoms with Crippen molar-refractivity contribution in [2.24, 2.45) is 0 Å². The number of hydrogen-bond donors (Lipinski definition) is 6. The molecule has 1 amide bonds. The van der Waals surface area contributed by atoms with E-state index in [4.69, 9.17) is 14.2 Å². The number of aliphatic hydroxyl groups is 5. The molecule has 1 rings (SSSR count). The van der Waals surface area contributed by atoms with Gasteiger partial charge in [-0.15, -0.1) is 0 Å². The van der Waals surface area contributed by atoms with Crippen molar-refractivity contribution in [3.05, 3.63) is 24.3 Å². The number of amides is 1. The summed E-state index contributed by atoms with van der Waals surface area (Å²) in [4.78, 5) is 26.4. The smallest absolute Gasteiger partial charge is 0.306 e. The van der Waals surface area contributed by atoms with Crippen molar-refractivity contribution in [1.82, 2.24) is 5.32 Å². The Kier molecular flexibility index (Phi) is 44.5. The highest BCUT2D eigenvalue weighted by molar-refractivity contribution is 5.80. The third-order valence-corrected chi connectivity index (χ3v) is 13.9. The van der Waals surface area contributed by atoms with Crippen LogP contribution in [-0.2, 0) is 23.8 Å². The summed E-state index contributed by atoms with van der Waals surface area (Å²) in [6.07, 6.45) is 42.1. The van der Waals surface area contributed by atoms with E-state index in [-0.39, 0.29) is 19.4 Å². The zero-order valence-corrected chi connectivity index (χ0v) is 44.7. The van der Waals surface area contributed by atoms with Crippen LogP contribution in [0, 0.1) is 0 Å². The van der Waals surface area contributed by atoms with E-state index < -0.39 is 67.4 Å². The minimum absolute atomic E-state index is 0.128. The SMILES string of the molecule is CCCCCC/C=C\CCCCCCCCC(O)C(=O)NC(COC1OC(CO)C(O)C(O)C1OC(=O)CCCCCCCCCCCCCCC)C(O)/C=C/CCCCCCCCCCCCC. The normalized spacial score (nSPS) is 19.9. The Balaban J connectivity index is 2.74. The monoisotopic (exact) mass is 980 g/mol. The van der Waals surface area contributed by atoms with Crippen molar-refractivity contribution in [3.63, 3.8) is 0 Å². The molecule has 1 aliphatic heterocycles. The maximum atomic E-state index is 13.4. The Morgan fingerprint density at radius 3 is 1.42 bits per heavy atom. The average Bonchev–Trinajstić information content (AvgIpc) is 3.34. The summed E-state index contributed by atoms with van der Waals surface area (Å²) in [6.45, 7) is 5.77. The molecule has 6 N–H and O–H groups in total. The molecule has 0 aromatic rings. The van der Waals surface area contributed by atoms with Gasteiger partial charge in [0, 0.05) is 6.42 Å². The molecule has 11 nitrogen and oxygen atoms in total. The minimum atomic E-state index is -1.61. The molecule has 0 aromatic heterocycles. The molecule has 0 radical (unpaired) electrons. The van der Waals surface area contributed by atoms with Gasteiger partial charge < -0.3 is 45.1 Å². The molecular formula is C58H109NO10. The predicted octanol–water partition coefficient (Wildman–Crippen LogP) is 12.9. The molecule has 69 heavy (non-hydrogen) atoms. The molecule has 0 saturated carbocycles. The Hall–Kier alpha value is -1.86. The molecule has 0 aliphatic carbocycles. The van der Waals surface area contributed by atoms with Gasteiger partial charge in [-0.1, -0.05) is 238 Å². The summed E-state index contributed by atoms with van der Waals surface area (Å²) in [5.74, 6) is -1.19. The number of unbranched alkanes of at least 4 members (excludes halogenated alkanes) is 33. The highest BCUT2D eigenvalue weighted by atomic mass is 16.7. The van der Waals surface area contributed by atoms with Crippen molar-refractivity contribution < 1.29 is 49.3 Å². The van der Waals surface area contributed by atoms with Crippen molar-refractivity contribution >= 4 is 11.9 Å². The van der Waals surface area contributed by atoms with E-state index in [2.05, 4.69) is 38.2 Å². The van der Waals surface area contributed by atoms with Gasteiger partial charge in [0.1, 0.15) is 24.4 Å². The van der Waals surface area contributed by atoms with E-state index in [1.807, 2.05) is 6.08 Å². The van der Waals surface area contributed by atoms with E-state index in [0.29, 0.717) is 12.8 Å². The van der Waals surface area contributed by atoms with Crippen LogP contribution < -0.4 is 5.32 Å². The van der Waals surface area contributed by atoms with E-state index in [1.165, 1.54) is 154 Å². The molecule has 1 fully saturated rings. The lowest BCUT2D eigenvalue weighted by Crippen LogP contribution is -2.61. The van der Waals surface area contributed by atoms with Crippen LogP contribution in [0.1, 0.15) is 271 Å². The second kappa shape index (κ2) is 47.2. The molecule has 1 heterocycles. The van der Waals surface area contributed by atoms with Gasteiger partial charge in [-0.3, -0.25) is 9.59 Å². The molecule has 11 heteroatoms. The summed E-state index contributed by atoms with van der Waals surface area (Å²) in [7, 11) is 0. The average molecular weight is 981 g/mol. The summed E-state index contributed by atoms with van der Waals surface area (Å²) >= 11 is 0. The number of aliphatic hydroxyl groups excluding tert-OH is 5. The number of nitrogens with one attached hydrogen (secondary N) is 1. The predicted molar refractivity (Wildman–Crippen MR) is 283 cm³/mol. The second-order valence-electron chi connectivity index (χ2n) is 20.4. The van der Waals surface area contributed by atoms with Crippen LogP contribution >= 0.6 is 0 Å². The molecule has 0 bridgehead atoms. The van der Waals surface area contributed by atoms with Crippen LogP contribution in [0.5, 0.6) is 0 Å². The van der Waals surface area contributed by atoms with Crippen LogP contribution in [0.4, 0.5) is 0 Å². The molecule has 8 unspecified atom stereocenters. The third kappa shape index (κ3) is 35.8. The lowest BCUT2D eigenvalue weighted by molar-refractivity contribution is -0.305. The highest BCUT2D eigenvalue weighted by Crippen LogP contribution is 2.26. The highest BCUT2D eigenvalue weighted by Gasteiger charge is 2.47. The summed E-state index contributed by atoms with van der Waals surface area (Å²) < 4.78 is 17.6. The number of rotatable bonds is 49. The fraction of sp³-hybridized carbons (Fsp3) is 0.897. The first-order chi connectivity index (χ1) is 33.7. The van der Waals surface area contributed by atoms with Crippen LogP contribution in [0.25, 0.3) is 0 Å². The van der Waals surface area contributed by atoms with Crippen molar-refractivity contribution in [2.45, 2.75) is 320 Å². The maximum Gasteiger partial charge on any atom is 0.306 e. The van der Waals surface area contributed by atoms with Crippen molar-refractivity contribution in [3.8, 4) is 0 Å². The van der Waals surface area contributed by atoms with E-state index in [0.717, 1.165) is 70.6 Å².